The summed E-state index contributed by atoms with van der Waals surface area (Å²) in [5.74, 6) is 0.972. The monoisotopic (exact) mass is 557 g/mol. The molecule has 2 heterocycles. The lowest BCUT2D eigenvalue weighted by Gasteiger charge is -2.28. The fourth-order valence-corrected chi connectivity index (χ4v) is 7.95. The molecule has 0 aliphatic heterocycles. The van der Waals surface area contributed by atoms with Crippen molar-refractivity contribution in [2.24, 2.45) is 7.05 Å². The maximum atomic E-state index is 13.4. The Morgan fingerprint density at radius 3 is 2.50 bits per heavy atom. The normalized spacial score (nSPS) is 19.9. The van der Waals surface area contributed by atoms with Gasteiger partial charge in [-0.3, -0.25) is 4.68 Å². The first-order valence-electron chi connectivity index (χ1n) is 13.2. The van der Waals surface area contributed by atoms with Gasteiger partial charge in [-0.25, -0.2) is 18.2 Å². The lowest BCUT2D eigenvalue weighted by Crippen LogP contribution is -2.38. The fourth-order valence-electron chi connectivity index (χ4n) is 4.87. The van der Waals surface area contributed by atoms with E-state index in [2.05, 4.69) is 15.7 Å². The Morgan fingerprint density at radius 1 is 1.13 bits per heavy atom. The van der Waals surface area contributed by atoms with Gasteiger partial charge < -0.3 is 15.4 Å². The molecule has 2 fully saturated rings. The van der Waals surface area contributed by atoms with E-state index in [1.807, 2.05) is 46.0 Å². The van der Waals surface area contributed by atoms with E-state index in [-0.39, 0.29) is 23.5 Å². The van der Waals surface area contributed by atoms with E-state index in [9.17, 15) is 13.2 Å². The SMILES string of the molecule is Cc1cc(Nc2ccc(-c3cnc(C4CCC(NC(=O)OC(C)C)CC4)s3)c(S(=O)(=O)C3CC3)c2)nn1C. The lowest BCUT2D eigenvalue weighted by molar-refractivity contribution is 0.109. The predicted molar refractivity (Wildman–Crippen MR) is 149 cm³/mol. The summed E-state index contributed by atoms with van der Waals surface area (Å²) in [5.41, 5.74) is 2.40. The van der Waals surface area contributed by atoms with Crippen LogP contribution in [0.15, 0.2) is 35.4 Å². The third kappa shape index (κ3) is 5.88. The topological polar surface area (TPSA) is 115 Å². The first kappa shape index (κ1) is 26.7. The van der Waals surface area contributed by atoms with Crippen molar-refractivity contribution in [3.05, 3.63) is 41.2 Å². The zero-order valence-electron chi connectivity index (χ0n) is 22.2. The molecule has 9 nitrogen and oxygen atoms in total. The van der Waals surface area contributed by atoms with E-state index < -0.39 is 9.84 Å². The number of thiazole rings is 1. The molecule has 0 unspecified atom stereocenters. The van der Waals surface area contributed by atoms with Crippen molar-refractivity contribution in [1.29, 1.82) is 0 Å². The first-order valence-corrected chi connectivity index (χ1v) is 15.6. The molecule has 2 aliphatic rings. The second-order valence-corrected chi connectivity index (χ2v) is 13.8. The van der Waals surface area contributed by atoms with Gasteiger partial charge in [0.05, 0.1) is 26.1 Å². The van der Waals surface area contributed by atoms with Gasteiger partial charge in [0.2, 0.25) is 0 Å². The van der Waals surface area contributed by atoms with E-state index in [0.29, 0.717) is 40.7 Å². The van der Waals surface area contributed by atoms with Crippen LogP contribution in [0.5, 0.6) is 0 Å². The van der Waals surface area contributed by atoms with Crippen molar-refractivity contribution < 1.29 is 17.9 Å². The van der Waals surface area contributed by atoms with Crippen LogP contribution in [0.3, 0.4) is 0 Å². The third-order valence-electron chi connectivity index (χ3n) is 7.17. The van der Waals surface area contributed by atoms with Crippen LogP contribution in [0.1, 0.15) is 69.0 Å². The molecule has 2 aliphatic carbocycles. The number of nitrogens with zero attached hydrogens (tertiary/aromatic N) is 3. The van der Waals surface area contributed by atoms with Gasteiger partial charge >= 0.3 is 6.09 Å². The number of carbonyl (C=O) groups is 1. The molecule has 1 amide bonds. The Morgan fingerprint density at radius 2 is 1.87 bits per heavy atom. The lowest BCUT2D eigenvalue weighted by atomic mass is 9.86. The number of benzene rings is 1. The Hall–Kier alpha value is -2.92. The molecule has 1 aromatic carbocycles. The van der Waals surface area contributed by atoms with Gasteiger partial charge in [0.1, 0.15) is 0 Å². The molecule has 204 valence electrons. The molecule has 38 heavy (non-hydrogen) atoms. The van der Waals surface area contributed by atoms with Crippen molar-refractivity contribution in [3.8, 4) is 10.4 Å². The molecule has 0 atom stereocenters. The van der Waals surface area contributed by atoms with E-state index in [4.69, 9.17) is 9.72 Å². The van der Waals surface area contributed by atoms with Crippen molar-refractivity contribution in [1.82, 2.24) is 20.1 Å². The molecule has 2 aromatic heterocycles. The summed E-state index contributed by atoms with van der Waals surface area (Å²) in [4.78, 5) is 17.9. The number of aryl methyl sites for hydroxylation is 2. The van der Waals surface area contributed by atoms with Crippen LogP contribution in [0.4, 0.5) is 16.3 Å². The molecule has 2 N–H and O–H groups in total. The second kappa shape index (κ2) is 10.7. The molecular formula is C27H35N5O4S2. The summed E-state index contributed by atoms with van der Waals surface area (Å²) in [5, 5.41) is 11.4. The van der Waals surface area contributed by atoms with E-state index in [1.54, 1.807) is 28.3 Å². The van der Waals surface area contributed by atoms with Gasteiger partial charge in [0.25, 0.3) is 0 Å². The zero-order valence-corrected chi connectivity index (χ0v) is 23.9. The van der Waals surface area contributed by atoms with Crippen LogP contribution in [0.25, 0.3) is 10.4 Å². The molecule has 3 aromatic rings. The van der Waals surface area contributed by atoms with Crippen LogP contribution >= 0.6 is 11.3 Å². The summed E-state index contributed by atoms with van der Waals surface area (Å²) in [7, 11) is -1.57. The number of carbonyl (C=O) groups excluding carboxylic acids is 1. The number of amides is 1. The third-order valence-corrected chi connectivity index (χ3v) is 10.7. The molecular weight excluding hydrogens is 522 g/mol. The summed E-state index contributed by atoms with van der Waals surface area (Å²) in [6.07, 6.45) is 6.27. The van der Waals surface area contributed by atoms with E-state index >= 15 is 0 Å². The fraction of sp³-hybridized carbons (Fsp3) is 0.519. The minimum Gasteiger partial charge on any atom is -0.447 e. The Bertz CT molecular complexity index is 1400. The van der Waals surface area contributed by atoms with Crippen molar-refractivity contribution in [3.63, 3.8) is 0 Å². The molecule has 0 saturated heterocycles. The second-order valence-electron chi connectivity index (χ2n) is 10.6. The maximum absolute atomic E-state index is 13.4. The summed E-state index contributed by atoms with van der Waals surface area (Å²) < 4.78 is 33.9. The van der Waals surface area contributed by atoms with E-state index in [0.717, 1.165) is 41.3 Å². The summed E-state index contributed by atoms with van der Waals surface area (Å²) in [6, 6.07) is 7.55. The minimum absolute atomic E-state index is 0.107. The number of alkyl carbamates (subject to hydrolysis) is 1. The van der Waals surface area contributed by atoms with Gasteiger partial charge in [0.15, 0.2) is 15.7 Å². The Labute approximate surface area is 227 Å². The number of hydrogen-bond acceptors (Lipinski definition) is 8. The number of nitrogens with one attached hydrogen (secondary N) is 2. The largest absolute Gasteiger partial charge is 0.447 e. The van der Waals surface area contributed by atoms with Crippen LogP contribution < -0.4 is 10.6 Å². The van der Waals surface area contributed by atoms with Crippen molar-refractivity contribution >= 4 is 38.8 Å². The van der Waals surface area contributed by atoms with Crippen LogP contribution in [0.2, 0.25) is 0 Å². The van der Waals surface area contributed by atoms with Crippen LogP contribution in [0, 0.1) is 6.92 Å². The smallest absolute Gasteiger partial charge is 0.407 e. The number of sulfone groups is 1. The number of hydrogen-bond donors (Lipinski definition) is 2. The maximum Gasteiger partial charge on any atom is 0.407 e. The highest BCUT2D eigenvalue weighted by molar-refractivity contribution is 7.92. The highest BCUT2D eigenvalue weighted by Crippen LogP contribution is 2.43. The quantitative estimate of drug-likeness (QED) is 0.365. The minimum atomic E-state index is -3.44. The van der Waals surface area contributed by atoms with E-state index in [1.165, 1.54) is 0 Å². The molecule has 5 rings (SSSR count). The standard InChI is InChI=1S/C27H35N5O4S2/c1-16(2)36-27(33)30-19-7-5-18(6-8-19)26-28-15-23(37-26)22-12-9-20(29-25-13-17(3)32(4)31-25)14-24(22)38(34,35)21-10-11-21/h9,12-16,18-19,21H,5-8,10-11H2,1-4H3,(H,29,31)(H,30,33). The number of anilines is 2. The summed E-state index contributed by atoms with van der Waals surface area (Å²) >= 11 is 1.57. The Balaban J connectivity index is 1.34. The van der Waals surface area contributed by atoms with Crippen LogP contribution in [-0.4, -0.2) is 46.7 Å². The summed E-state index contributed by atoms with van der Waals surface area (Å²) in [6.45, 7) is 5.64. The highest BCUT2D eigenvalue weighted by atomic mass is 32.2. The average Bonchev–Trinajstić information content (AvgIpc) is 3.54. The Kier molecular flexibility index (Phi) is 7.50. The van der Waals surface area contributed by atoms with Crippen molar-refractivity contribution in [2.45, 2.75) is 87.5 Å². The van der Waals surface area contributed by atoms with Gasteiger partial charge in [-0.05, 0) is 71.4 Å². The number of aromatic nitrogens is 3. The van der Waals surface area contributed by atoms with Gasteiger partial charge in [-0.1, -0.05) is 6.07 Å². The zero-order chi connectivity index (χ0) is 27.0. The van der Waals surface area contributed by atoms with Gasteiger partial charge in [0, 0.05) is 48.2 Å². The molecule has 0 radical (unpaired) electrons. The predicted octanol–water partition coefficient (Wildman–Crippen LogP) is 5.69. The van der Waals surface area contributed by atoms with Gasteiger partial charge in [-0.2, -0.15) is 5.10 Å². The molecule has 11 heteroatoms. The first-order chi connectivity index (χ1) is 18.1. The average molecular weight is 558 g/mol. The molecule has 2 saturated carbocycles. The number of ether oxygens (including phenoxy) is 1. The molecule has 0 spiro atoms. The van der Waals surface area contributed by atoms with Crippen molar-refractivity contribution in [2.75, 3.05) is 5.32 Å². The van der Waals surface area contributed by atoms with Gasteiger partial charge in [-0.15, -0.1) is 11.3 Å². The molecule has 0 bridgehead atoms. The highest BCUT2D eigenvalue weighted by Gasteiger charge is 2.39. The van der Waals surface area contributed by atoms with Crippen LogP contribution in [-0.2, 0) is 21.6 Å². The number of rotatable bonds is 8.